The molecule has 3 nitrogen and oxygen atoms in total. The number of aliphatic carboxylic acids is 1. The first-order valence-electron chi connectivity index (χ1n) is 5.79. The van der Waals surface area contributed by atoms with Gasteiger partial charge in [-0.25, -0.2) is 0 Å². The van der Waals surface area contributed by atoms with Crippen LogP contribution in [0.15, 0.2) is 0 Å². The monoisotopic (exact) mass is 253 g/mol. The highest BCUT2D eigenvalue weighted by Gasteiger charge is 2.41. The lowest BCUT2D eigenvalue weighted by Gasteiger charge is -2.35. The van der Waals surface area contributed by atoms with Crippen LogP contribution in [0, 0.1) is 5.92 Å². The number of alkyl halides is 3. The highest BCUT2D eigenvalue weighted by molar-refractivity contribution is 5.66. The molecule has 1 aliphatic carbocycles. The van der Waals surface area contributed by atoms with Crippen LogP contribution in [-0.2, 0) is 4.79 Å². The van der Waals surface area contributed by atoms with Gasteiger partial charge in [0.15, 0.2) is 0 Å². The van der Waals surface area contributed by atoms with Gasteiger partial charge in [0.2, 0.25) is 0 Å². The molecule has 0 atom stereocenters. The maximum atomic E-state index is 12.4. The zero-order valence-corrected chi connectivity index (χ0v) is 9.83. The topological polar surface area (TPSA) is 40.5 Å². The number of hydrogen-bond acceptors (Lipinski definition) is 2. The van der Waals surface area contributed by atoms with Gasteiger partial charge in [0.05, 0.1) is 12.3 Å². The zero-order valence-electron chi connectivity index (χ0n) is 9.83. The summed E-state index contributed by atoms with van der Waals surface area (Å²) in [6.45, 7) is 0.399. The van der Waals surface area contributed by atoms with Crippen molar-refractivity contribution in [2.24, 2.45) is 5.92 Å². The van der Waals surface area contributed by atoms with Crippen molar-refractivity contribution >= 4 is 5.97 Å². The molecule has 0 heterocycles. The van der Waals surface area contributed by atoms with Crippen LogP contribution in [0.3, 0.4) is 0 Å². The number of carboxylic acid groups (broad SMARTS) is 1. The lowest BCUT2D eigenvalue weighted by molar-refractivity contribution is -0.184. The molecule has 0 amide bonds. The van der Waals surface area contributed by atoms with Gasteiger partial charge >= 0.3 is 12.1 Å². The molecule has 0 aromatic carbocycles. The summed E-state index contributed by atoms with van der Waals surface area (Å²) in [5, 5.41) is 8.53. The van der Waals surface area contributed by atoms with Crippen LogP contribution in [0.25, 0.3) is 0 Å². The summed E-state index contributed by atoms with van der Waals surface area (Å²) in [4.78, 5) is 12.3. The van der Waals surface area contributed by atoms with Gasteiger partial charge < -0.3 is 10.0 Å². The van der Waals surface area contributed by atoms with Crippen LogP contribution < -0.4 is 0 Å². The van der Waals surface area contributed by atoms with E-state index in [-0.39, 0.29) is 25.3 Å². The summed E-state index contributed by atoms with van der Waals surface area (Å²) in [5.41, 5.74) is 0. The molecular weight excluding hydrogens is 235 g/mol. The van der Waals surface area contributed by atoms with Gasteiger partial charge in [-0.05, 0) is 32.7 Å². The number of carboxylic acids is 1. The van der Waals surface area contributed by atoms with E-state index in [1.807, 2.05) is 4.90 Å². The molecule has 0 unspecified atom stereocenters. The number of halogens is 3. The van der Waals surface area contributed by atoms with E-state index in [4.69, 9.17) is 5.11 Å². The molecule has 100 valence electrons. The Morgan fingerprint density at radius 3 is 2.24 bits per heavy atom. The molecule has 0 saturated heterocycles. The van der Waals surface area contributed by atoms with Gasteiger partial charge in [-0.3, -0.25) is 4.79 Å². The number of rotatable bonds is 4. The maximum Gasteiger partial charge on any atom is 0.391 e. The third-order valence-corrected chi connectivity index (χ3v) is 3.46. The molecule has 0 aliphatic heterocycles. The van der Waals surface area contributed by atoms with Crippen LogP contribution in [0.1, 0.15) is 32.1 Å². The van der Waals surface area contributed by atoms with Crippen LogP contribution in [-0.4, -0.2) is 41.8 Å². The van der Waals surface area contributed by atoms with E-state index >= 15 is 0 Å². The Kier molecular flexibility index (Phi) is 4.80. The molecule has 1 saturated carbocycles. The molecule has 17 heavy (non-hydrogen) atoms. The van der Waals surface area contributed by atoms with E-state index in [2.05, 4.69) is 0 Å². The predicted molar refractivity (Wildman–Crippen MR) is 56.7 cm³/mol. The smallest absolute Gasteiger partial charge is 0.391 e. The fourth-order valence-electron chi connectivity index (χ4n) is 2.30. The maximum absolute atomic E-state index is 12.4. The highest BCUT2D eigenvalue weighted by Crippen LogP contribution is 2.38. The summed E-state index contributed by atoms with van der Waals surface area (Å²) in [7, 11) is 1.78. The molecule has 6 heteroatoms. The zero-order chi connectivity index (χ0) is 13.1. The molecular formula is C11H18F3NO2. The standard InChI is InChI=1S/C11H18F3NO2/c1-15(7-6-10(16)17)9-4-2-8(3-5-9)11(12,13)14/h8-9H,2-7H2,1H3,(H,16,17). The molecule has 0 aromatic rings. The van der Waals surface area contributed by atoms with Crippen molar-refractivity contribution in [3.8, 4) is 0 Å². The third kappa shape index (κ3) is 4.53. The van der Waals surface area contributed by atoms with Crippen LogP contribution in [0.2, 0.25) is 0 Å². The van der Waals surface area contributed by atoms with Crippen molar-refractivity contribution in [2.75, 3.05) is 13.6 Å². The van der Waals surface area contributed by atoms with Gasteiger partial charge in [0, 0.05) is 12.6 Å². The van der Waals surface area contributed by atoms with Crippen LogP contribution in [0.5, 0.6) is 0 Å². The second-order valence-electron chi connectivity index (χ2n) is 4.67. The number of carbonyl (C=O) groups is 1. The summed E-state index contributed by atoms with van der Waals surface area (Å²) < 4.78 is 37.3. The second-order valence-corrected chi connectivity index (χ2v) is 4.67. The van der Waals surface area contributed by atoms with Crippen molar-refractivity contribution in [1.29, 1.82) is 0 Å². The van der Waals surface area contributed by atoms with Crippen LogP contribution in [0.4, 0.5) is 13.2 Å². The van der Waals surface area contributed by atoms with Gasteiger partial charge in [-0.15, -0.1) is 0 Å². The molecule has 1 rings (SSSR count). The Balaban J connectivity index is 2.33. The van der Waals surface area contributed by atoms with Crippen LogP contribution >= 0.6 is 0 Å². The minimum Gasteiger partial charge on any atom is -0.481 e. The molecule has 0 bridgehead atoms. The van der Waals surface area contributed by atoms with Gasteiger partial charge in [0.25, 0.3) is 0 Å². The van der Waals surface area contributed by atoms with E-state index in [0.717, 1.165) is 0 Å². The van der Waals surface area contributed by atoms with E-state index in [1.165, 1.54) is 0 Å². The Labute approximate surface area is 98.6 Å². The molecule has 1 fully saturated rings. The Hall–Kier alpha value is -0.780. The van der Waals surface area contributed by atoms with E-state index < -0.39 is 18.1 Å². The first-order valence-corrected chi connectivity index (χ1v) is 5.79. The Morgan fingerprint density at radius 2 is 1.82 bits per heavy atom. The Bertz CT molecular complexity index is 260. The van der Waals surface area contributed by atoms with Crippen molar-refractivity contribution in [3.05, 3.63) is 0 Å². The second kappa shape index (κ2) is 5.71. The van der Waals surface area contributed by atoms with Crippen molar-refractivity contribution in [2.45, 2.75) is 44.3 Å². The lowest BCUT2D eigenvalue weighted by atomic mass is 9.85. The quantitative estimate of drug-likeness (QED) is 0.837. The largest absolute Gasteiger partial charge is 0.481 e. The average Bonchev–Trinajstić information content (AvgIpc) is 2.25. The molecule has 0 aromatic heterocycles. The molecule has 1 N–H and O–H groups in total. The third-order valence-electron chi connectivity index (χ3n) is 3.46. The van der Waals surface area contributed by atoms with Crippen molar-refractivity contribution < 1.29 is 23.1 Å². The molecule has 0 spiro atoms. The van der Waals surface area contributed by atoms with Gasteiger partial charge in [-0.2, -0.15) is 13.2 Å². The summed E-state index contributed by atoms with van der Waals surface area (Å²) >= 11 is 0. The fraction of sp³-hybridized carbons (Fsp3) is 0.909. The molecule has 1 aliphatic rings. The molecule has 0 radical (unpaired) electrons. The van der Waals surface area contributed by atoms with Gasteiger partial charge in [0.1, 0.15) is 0 Å². The normalized spacial score (nSPS) is 26.2. The predicted octanol–water partition coefficient (Wildman–Crippen LogP) is 2.51. The van der Waals surface area contributed by atoms with Crippen molar-refractivity contribution in [3.63, 3.8) is 0 Å². The average molecular weight is 253 g/mol. The van der Waals surface area contributed by atoms with E-state index in [0.29, 0.717) is 19.4 Å². The van der Waals surface area contributed by atoms with Gasteiger partial charge in [-0.1, -0.05) is 0 Å². The van der Waals surface area contributed by atoms with E-state index in [1.54, 1.807) is 7.05 Å². The first-order chi connectivity index (χ1) is 7.80. The van der Waals surface area contributed by atoms with E-state index in [9.17, 15) is 18.0 Å². The summed E-state index contributed by atoms with van der Waals surface area (Å²) in [5.74, 6) is -2.05. The number of hydrogen-bond donors (Lipinski definition) is 1. The van der Waals surface area contributed by atoms with Crippen molar-refractivity contribution in [1.82, 2.24) is 4.90 Å². The fourth-order valence-corrected chi connectivity index (χ4v) is 2.30. The summed E-state index contributed by atoms with van der Waals surface area (Å²) in [6.07, 6.45) is -2.72. The lowest BCUT2D eigenvalue weighted by Crippen LogP contribution is -2.39. The minimum atomic E-state index is -4.08. The Morgan fingerprint density at radius 1 is 1.29 bits per heavy atom. The highest BCUT2D eigenvalue weighted by atomic mass is 19.4. The SMILES string of the molecule is CN(CCC(=O)O)C1CCC(C(F)(F)F)CC1. The summed E-state index contributed by atoms with van der Waals surface area (Å²) in [6, 6.07) is 0.0907. The first kappa shape index (κ1) is 14.3. The minimum absolute atomic E-state index is 0.0374. The number of nitrogens with zero attached hydrogens (tertiary/aromatic N) is 1.